The van der Waals surface area contributed by atoms with Gasteiger partial charge in [-0.15, -0.1) is 0 Å². The standard InChI is InChI=1S/C17H26N2O2/c1-11-5-6-14(15(18)12(11)2)16(20)21-17(3,4)13-7-9-19-10-8-13/h5-6,13,19H,7-10,18H2,1-4H3/p+1. The second-order valence-electron chi connectivity index (χ2n) is 6.60. The molecule has 0 aliphatic carbocycles. The minimum atomic E-state index is -0.448. The van der Waals surface area contributed by atoms with Gasteiger partial charge in [-0.25, -0.2) is 4.79 Å². The van der Waals surface area contributed by atoms with E-state index in [1.807, 2.05) is 33.8 Å². The molecule has 0 spiro atoms. The van der Waals surface area contributed by atoms with E-state index in [0.717, 1.165) is 37.1 Å². The molecule has 1 aromatic carbocycles. The van der Waals surface area contributed by atoms with Gasteiger partial charge < -0.3 is 15.8 Å². The highest BCUT2D eigenvalue weighted by atomic mass is 16.6. The van der Waals surface area contributed by atoms with Gasteiger partial charge in [-0.3, -0.25) is 0 Å². The number of nitrogens with two attached hydrogens (primary N) is 2. The molecule has 1 saturated heterocycles. The van der Waals surface area contributed by atoms with Gasteiger partial charge in [0.25, 0.3) is 0 Å². The van der Waals surface area contributed by atoms with E-state index in [1.54, 1.807) is 6.07 Å². The minimum Gasteiger partial charge on any atom is -0.456 e. The Morgan fingerprint density at radius 2 is 1.90 bits per heavy atom. The second-order valence-corrected chi connectivity index (χ2v) is 6.60. The summed E-state index contributed by atoms with van der Waals surface area (Å²) >= 11 is 0. The summed E-state index contributed by atoms with van der Waals surface area (Å²) in [5.74, 6) is 0.106. The van der Waals surface area contributed by atoms with E-state index in [0.29, 0.717) is 17.2 Å². The molecule has 0 atom stereocenters. The van der Waals surface area contributed by atoms with Crippen molar-refractivity contribution in [1.29, 1.82) is 0 Å². The van der Waals surface area contributed by atoms with Crippen LogP contribution in [0, 0.1) is 19.8 Å². The Morgan fingerprint density at radius 3 is 2.52 bits per heavy atom. The number of hydrogen-bond donors (Lipinski definition) is 2. The monoisotopic (exact) mass is 291 g/mol. The maximum atomic E-state index is 12.5. The average Bonchev–Trinajstić information content (AvgIpc) is 2.45. The molecule has 0 radical (unpaired) electrons. The maximum Gasteiger partial charge on any atom is 0.340 e. The summed E-state index contributed by atoms with van der Waals surface area (Å²) in [6, 6.07) is 3.69. The normalized spacial score (nSPS) is 16.8. The van der Waals surface area contributed by atoms with Gasteiger partial charge in [0, 0.05) is 24.4 Å². The van der Waals surface area contributed by atoms with Crippen LogP contribution in [0.5, 0.6) is 0 Å². The molecular formula is C17H27N2O2+. The summed E-state index contributed by atoms with van der Waals surface area (Å²) in [6.45, 7) is 10.2. The Labute approximate surface area is 127 Å². The zero-order valence-electron chi connectivity index (χ0n) is 13.5. The maximum absolute atomic E-state index is 12.5. The molecule has 1 fully saturated rings. The van der Waals surface area contributed by atoms with Crippen LogP contribution in [0.15, 0.2) is 12.1 Å². The molecule has 116 valence electrons. The summed E-state index contributed by atoms with van der Waals surface area (Å²) in [5, 5.41) is 2.32. The predicted octanol–water partition coefficient (Wildman–Crippen LogP) is 1.79. The molecule has 0 bridgehead atoms. The molecule has 21 heavy (non-hydrogen) atoms. The van der Waals surface area contributed by atoms with Gasteiger partial charge in [-0.2, -0.15) is 0 Å². The first-order valence-electron chi connectivity index (χ1n) is 7.73. The van der Waals surface area contributed by atoms with Crippen molar-refractivity contribution in [2.75, 3.05) is 18.8 Å². The summed E-state index contributed by atoms with van der Waals surface area (Å²) in [7, 11) is 0. The molecule has 4 nitrogen and oxygen atoms in total. The van der Waals surface area contributed by atoms with Crippen molar-refractivity contribution in [1.82, 2.24) is 0 Å². The van der Waals surface area contributed by atoms with Crippen molar-refractivity contribution < 1.29 is 14.8 Å². The first-order valence-corrected chi connectivity index (χ1v) is 7.73. The van der Waals surface area contributed by atoms with Crippen molar-refractivity contribution in [2.45, 2.75) is 46.1 Å². The number of carbonyl (C=O) groups is 1. The van der Waals surface area contributed by atoms with E-state index in [4.69, 9.17) is 10.5 Å². The lowest BCUT2D eigenvalue weighted by Gasteiger charge is -2.35. The summed E-state index contributed by atoms with van der Waals surface area (Å²) < 4.78 is 5.81. The Hall–Kier alpha value is -1.55. The van der Waals surface area contributed by atoms with Gasteiger partial charge in [-0.05, 0) is 44.9 Å². The lowest BCUT2D eigenvalue weighted by atomic mass is 9.83. The van der Waals surface area contributed by atoms with Crippen LogP contribution in [0.1, 0.15) is 48.2 Å². The Kier molecular flexibility index (Phi) is 4.57. The van der Waals surface area contributed by atoms with Crippen molar-refractivity contribution in [3.63, 3.8) is 0 Å². The molecule has 1 heterocycles. The quantitative estimate of drug-likeness (QED) is 0.659. The van der Waals surface area contributed by atoms with Gasteiger partial charge in [-0.1, -0.05) is 6.07 Å². The van der Waals surface area contributed by atoms with E-state index in [2.05, 4.69) is 5.32 Å². The van der Waals surface area contributed by atoms with E-state index in [1.165, 1.54) is 0 Å². The SMILES string of the molecule is Cc1ccc(C(=O)OC(C)(C)C2CC[NH2+]CC2)c(N)c1C. The Balaban J connectivity index is 2.15. The number of esters is 1. The summed E-state index contributed by atoms with van der Waals surface area (Å²) in [6.07, 6.45) is 2.17. The fraction of sp³-hybridized carbons (Fsp3) is 0.588. The molecule has 4 N–H and O–H groups in total. The number of nitrogen functional groups attached to an aromatic ring is 1. The van der Waals surface area contributed by atoms with Crippen LogP contribution in [0.25, 0.3) is 0 Å². The molecular weight excluding hydrogens is 264 g/mol. The first kappa shape index (κ1) is 15.8. The number of rotatable bonds is 3. The van der Waals surface area contributed by atoms with Crippen molar-refractivity contribution in [3.8, 4) is 0 Å². The van der Waals surface area contributed by atoms with Crippen LogP contribution >= 0.6 is 0 Å². The number of aryl methyl sites for hydroxylation is 1. The molecule has 4 heteroatoms. The Bertz CT molecular complexity index is 532. The third-order valence-electron chi connectivity index (χ3n) is 4.78. The molecule has 0 saturated carbocycles. The van der Waals surface area contributed by atoms with Crippen LogP contribution in [0.2, 0.25) is 0 Å². The third-order valence-corrected chi connectivity index (χ3v) is 4.78. The van der Waals surface area contributed by atoms with Crippen LogP contribution < -0.4 is 11.1 Å². The highest BCUT2D eigenvalue weighted by Crippen LogP contribution is 2.30. The second kappa shape index (κ2) is 6.06. The van der Waals surface area contributed by atoms with E-state index < -0.39 is 5.60 Å². The molecule has 0 amide bonds. The van der Waals surface area contributed by atoms with Crippen LogP contribution in [0.4, 0.5) is 5.69 Å². The number of anilines is 1. The highest BCUT2D eigenvalue weighted by Gasteiger charge is 2.35. The third kappa shape index (κ3) is 3.38. The lowest BCUT2D eigenvalue weighted by Crippen LogP contribution is -2.86. The number of piperidine rings is 1. The van der Waals surface area contributed by atoms with Gasteiger partial charge in [0.1, 0.15) is 5.60 Å². The Morgan fingerprint density at radius 1 is 1.29 bits per heavy atom. The number of ether oxygens (including phenoxy) is 1. The van der Waals surface area contributed by atoms with Crippen LogP contribution in [-0.2, 0) is 4.74 Å². The molecule has 0 unspecified atom stereocenters. The van der Waals surface area contributed by atoms with Crippen LogP contribution in [0.3, 0.4) is 0 Å². The van der Waals surface area contributed by atoms with Gasteiger partial charge >= 0.3 is 5.97 Å². The molecule has 0 aromatic heterocycles. The zero-order chi connectivity index (χ0) is 15.6. The zero-order valence-corrected chi connectivity index (χ0v) is 13.5. The van der Waals surface area contributed by atoms with Gasteiger partial charge in [0.05, 0.1) is 18.7 Å². The predicted molar refractivity (Wildman–Crippen MR) is 84.2 cm³/mol. The molecule has 1 aliphatic heterocycles. The fourth-order valence-electron chi connectivity index (χ4n) is 3.01. The van der Waals surface area contributed by atoms with Gasteiger partial charge in [0.15, 0.2) is 0 Å². The van der Waals surface area contributed by atoms with Crippen molar-refractivity contribution in [3.05, 3.63) is 28.8 Å². The lowest BCUT2D eigenvalue weighted by molar-refractivity contribution is -0.665. The topological polar surface area (TPSA) is 68.9 Å². The van der Waals surface area contributed by atoms with E-state index in [9.17, 15) is 4.79 Å². The molecule has 1 aromatic rings. The van der Waals surface area contributed by atoms with E-state index >= 15 is 0 Å². The number of hydrogen-bond acceptors (Lipinski definition) is 3. The minimum absolute atomic E-state index is 0.310. The number of benzene rings is 1. The van der Waals surface area contributed by atoms with Crippen LogP contribution in [-0.4, -0.2) is 24.7 Å². The number of quaternary nitrogens is 1. The molecule has 2 rings (SSSR count). The first-order chi connectivity index (χ1) is 9.83. The van der Waals surface area contributed by atoms with Crippen molar-refractivity contribution in [2.24, 2.45) is 5.92 Å². The summed E-state index contributed by atoms with van der Waals surface area (Å²) in [5.41, 5.74) is 8.69. The summed E-state index contributed by atoms with van der Waals surface area (Å²) in [4.78, 5) is 12.5. The fourth-order valence-corrected chi connectivity index (χ4v) is 3.01. The van der Waals surface area contributed by atoms with E-state index in [-0.39, 0.29) is 5.97 Å². The largest absolute Gasteiger partial charge is 0.456 e. The van der Waals surface area contributed by atoms with Gasteiger partial charge in [0.2, 0.25) is 0 Å². The molecule has 1 aliphatic rings. The number of carbonyl (C=O) groups excluding carboxylic acids is 1. The average molecular weight is 291 g/mol. The highest BCUT2D eigenvalue weighted by molar-refractivity contribution is 5.96. The smallest absolute Gasteiger partial charge is 0.340 e. The van der Waals surface area contributed by atoms with Crippen molar-refractivity contribution >= 4 is 11.7 Å².